The number of aromatic nitrogens is 2. The van der Waals surface area contributed by atoms with Crippen molar-refractivity contribution in [3.63, 3.8) is 0 Å². The highest BCUT2D eigenvalue weighted by molar-refractivity contribution is 6.07. The van der Waals surface area contributed by atoms with E-state index in [4.69, 9.17) is 10.1 Å². The summed E-state index contributed by atoms with van der Waals surface area (Å²) in [6.07, 6.45) is 9.72. The molecule has 1 aliphatic rings. The highest BCUT2D eigenvalue weighted by atomic mass is 16.5. The fourth-order valence-corrected chi connectivity index (χ4v) is 3.72. The average molecular weight is 424 g/mol. The molecular weight excluding hydrogens is 394 g/mol. The van der Waals surface area contributed by atoms with E-state index in [1.165, 1.54) is 6.21 Å². The zero-order chi connectivity index (χ0) is 22.2. The summed E-state index contributed by atoms with van der Waals surface area (Å²) in [6.45, 7) is 0. The first-order valence-corrected chi connectivity index (χ1v) is 10.4. The molecule has 1 aliphatic carbocycles. The Balaban J connectivity index is 1.77. The highest BCUT2D eigenvalue weighted by Crippen LogP contribution is 2.23. The van der Waals surface area contributed by atoms with Gasteiger partial charge in [-0.05, 0) is 30.5 Å². The van der Waals surface area contributed by atoms with Crippen molar-refractivity contribution in [2.75, 3.05) is 14.2 Å². The van der Waals surface area contributed by atoms with Crippen molar-refractivity contribution >= 4 is 17.7 Å². The van der Waals surface area contributed by atoms with Gasteiger partial charge < -0.3 is 25.9 Å². The van der Waals surface area contributed by atoms with Crippen LogP contribution in [0.2, 0.25) is 0 Å². The van der Waals surface area contributed by atoms with Crippen LogP contribution in [0.1, 0.15) is 53.0 Å². The van der Waals surface area contributed by atoms with Crippen molar-refractivity contribution in [3.05, 3.63) is 59.3 Å². The Morgan fingerprint density at radius 2 is 2.03 bits per heavy atom. The van der Waals surface area contributed by atoms with Gasteiger partial charge in [-0.15, -0.1) is 0 Å². The summed E-state index contributed by atoms with van der Waals surface area (Å²) in [5.41, 5.74) is 3.43. The van der Waals surface area contributed by atoms with Gasteiger partial charge >= 0.3 is 0 Å². The van der Waals surface area contributed by atoms with Gasteiger partial charge in [-0.3, -0.25) is 9.78 Å². The molecular formula is C23H29N5O3. The first-order valence-electron chi connectivity index (χ1n) is 10.4. The van der Waals surface area contributed by atoms with Gasteiger partial charge in [-0.2, -0.15) is 0 Å². The van der Waals surface area contributed by atoms with Crippen LogP contribution in [0, 0.1) is 5.41 Å². The number of aliphatic hydroxyl groups is 1. The van der Waals surface area contributed by atoms with E-state index in [1.54, 1.807) is 38.8 Å². The normalized spacial score (nSPS) is 18.9. The lowest BCUT2D eigenvalue weighted by Gasteiger charge is -2.28. The number of pyridine rings is 2. The number of methoxy groups -OCH3 is 1. The highest BCUT2D eigenvalue weighted by Gasteiger charge is 2.25. The largest absolute Gasteiger partial charge is 0.495 e. The van der Waals surface area contributed by atoms with Crippen LogP contribution >= 0.6 is 0 Å². The van der Waals surface area contributed by atoms with Crippen LogP contribution in [0.15, 0.2) is 36.8 Å². The second kappa shape index (κ2) is 10.7. The van der Waals surface area contributed by atoms with E-state index >= 15 is 0 Å². The minimum absolute atomic E-state index is 0.237. The molecule has 0 saturated heterocycles. The van der Waals surface area contributed by atoms with Crippen molar-refractivity contribution in [2.24, 2.45) is 0 Å². The number of hydrogen-bond donors (Lipinski definition) is 4. The Bertz CT molecular complexity index is 943. The maximum absolute atomic E-state index is 12.7. The number of nitrogens with one attached hydrogen (secondary N) is 3. The van der Waals surface area contributed by atoms with Crippen molar-refractivity contribution in [1.29, 1.82) is 5.41 Å². The fourth-order valence-electron chi connectivity index (χ4n) is 3.72. The number of allylic oxidation sites excluding steroid dienone is 1. The molecule has 2 aromatic rings. The number of aliphatic hydroxyl groups excluding tert-OH is 1. The molecule has 0 spiro atoms. The van der Waals surface area contributed by atoms with E-state index in [2.05, 4.69) is 20.6 Å². The number of carbonyl (C=O) groups is 1. The quantitative estimate of drug-likeness (QED) is 0.484. The van der Waals surface area contributed by atoms with Gasteiger partial charge in [-0.1, -0.05) is 18.9 Å². The van der Waals surface area contributed by atoms with Crippen LogP contribution in [0.3, 0.4) is 0 Å². The molecule has 1 saturated carbocycles. The third kappa shape index (κ3) is 5.67. The van der Waals surface area contributed by atoms with E-state index in [9.17, 15) is 9.90 Å². The molecule has 4 N–H and O–H groups in total. The number of nitrogens with zero attached hydrogens (tertiary/aromatic N) is 2. The van der Waals surface area contributed by atoms with Crippen molar-refractivity contribution in [1.82, 2.24) is 20.6 Å². The van der Waals surface area contributed by atoms with Crippen molar-refractivity contribution in [2.45, 2.75) is 44.2 Å². The summed E-state index contributed by atoms with van der Waals surface area (Å²) in [7, 11) is 3.34. The Morgan fingerprint density at radius 1 is 1.26 bits per heavy atom. The van der Waals surface area contributed by atoms with E-state index < -0.39 is 6.10 Å². The molecule has 0 bridgehead atoms. The predicted octanol–water partition coefficient (Wildman–Crippen LogP) is 2.32. The second-order valence-corrected chi connectivity index (χ2v) is 7.57. The molecule has 2 heterocycles. The topological polar surface area (TPSA) is 120 Å². The summed E-state index contributed by atoms with van der Waals surface area (Å²) < 4.78 is 5.43. The number of ether oxygens (including phenoxy) is 1. The van der Waals surface area contributed by atoms with Crippen molar-refractivity contribution in [3.8, 4) is 5.75 Å². The lowest BCUT2D eigenvalue weighted by atomic mass is 9.92. The third-order valence-electron chi connectivity index (χ3n) is 5.42. The molecule has 31 heavy (non-hydrogen) atoms. The maximum Gasteiger partial charge on any atom is 0.270 e. The standard InChI is InChI=1S/C23H29N5O3/c1-25-13-17(11-24)18-8-7-15(12-26-18)9-16-10-20(27-14-22(16)31-2)23(30)28-19-5-3-4-6-21(19)29/h7-8,10-14,19,21,24-25,29H,3-6,9H2,1-2H3,(H,28,30)/b17-13+,24-11?/t19-,21-/m0/s1. The zero-order valence-electron chi connectivity index (χ0n) is 17.9. The SMILES string of the molecule is CN/C=C(\C=N)c1ccc(Cc2cc(C(=O)N[C@H]3CCCC[C@@H]3O)ncc2OC)cn1. The maximum atomic E-state index is 12.7. The van der Waals surface area contributed by atoms with Gasteiger partial charge in [0, 0.05) is 43.2 Å². The molecule has 8 nitrogen and oxygen atoms in total. The Kier molecular flexibility index (Phi) is 7.72. The fraction of sp³-hybridized carbons (Fsp3) is 0.391. The predicted molar refractivity (Wildman–Crippen MR) is 119 cm³/mol. The second-order valence-electron chi connectivity index (χ2n) is 7.57. The van der Waals surface area contributed by atoms with Gasteiger partial charge in [0.05, 0.1) is 31.1 Å². The molecule has 3 rings (SSSR count). The molecule has 0 aromatic carbocycles. The van der Waals surface area contributed by atoms with Gasteiger partial charge in [0.2, 0.25) is 0 Å². The van der Waals surface area contributed by atoms with Gasteiger partial charge in [0.25, 0.3) is 5.91 Å². The first kappa shape index (κ1) is 22.4. The van der Waals surface area contributed by atoms with E-state index in [-0.39, 0.29) is 11.9 Å². The van der Waals surface area contributed by atoms with Gasteiger partial charge in [0.15, 0.2) is 0 Å². The molecule has 8 heteroatoms. The minimum Gasteiger partial charge on any atom is -0.495 e. The average Bonchev–Trinajstić information content (AvgIpc) is 2.79. The smallest absolute Gasteiger partial charge is 0.270 e. The van der Waals surface area contributed by atoms with Crippen LogP contribution in [-0.2, 0) is 6.42 Å². The first-order chi connectivity index (χ1) is 15.0. The molecule has 1 fully saturated rings. The minimum atomic E-state index is -0.511. The molecule has 0 aliphatic heterocycles. The number of rotatable bonds is 8. The molecule has 2 aromatic heterocycles. The monoisotopic (exact) mass is 423 g/mol. The number of carbonyl (C=O) groups excluding carboxylic acids is 1. The molecule has 164 valence electrons. The molecule has 2 atom stereocenters. The van der Waals surface area contributed by atoms with E-state index in [0.29, 0.717) is 35.6 Å². The number of amides is 1. The van der Waals surface area contributed by atoms with Crippen LogP contribution in [0.4, 0.5) is 0 Å². The summed E-state index contributed by atoms with van der Waals surface area (Å²) in [5, 5.41) is 23.4. The summed E-state index contributed by atoms with van der Waals surface area (Å²) in [5.74, 6) is 0.296. The number of hydrogen-bond acceptors (Lipinski definition) is 7. The lowest BCUT2D eigenvalue weighted by molar-refractivity contribution is 0.0713. The van der Waals surface area contributed by atoms with E-state index in [1.807, 2.05) is 12.1 Å². The van der Waals surface area contributed by atoms with Crippen LogP contribution in [0.25, 0.3) is 5.57 Å². The lowest BCUT2D eigenvalue weighted by Crippen LogP contribution is -2.45. The molecule has 0 unspecified atom stereocenters. The molecule has 1 amide bonds. The summed E-state index contributed by atoms with van der Waals surface area (Å²) in [6, 6.07) is 5.28. The third-order valence-corrected chi connectivity index (χ3v) is 5.42. The molecule has 0 radical (unpaired) electrons. The van der Waals surface area contributed by atoms with Crippen LogP contribution in [-0.4, -0.2) is 53.5 Å². The zero-order valence-corrected chi connectivity index (χ0v) is 17.9. The van der Waals surface area contributed by atoms with Gasteiger partial charge in [0.1, 0.15) is 11.4 Å². The van der Waals surface area contributed by atoms with Crippen LogP contribution < -0.4 is 15.4 Å². The Labute approximate surface area is 182 Å². The summed E-state index contributed by atoms with van der Waals surface area (Å²) in [4.78, 5) is 21.4. The van der Waals surface area contributed by atoms with Crippen LogP contribution in [0.5, 0.6) is 5.75 Å². The van der Waals surface area contributed by atoms with E-state index in [0.717, 1.165) is 30.4 Å². The Hall–Kier alpha value is -3.26. The summed E-state index contributed by atoms with van der Waals surface area (Å²) >= 11 is 0. The van der Waals surface area contributed by atoms with Crippen molar-refractivity contribution < 1.29 is 14.6 Å². The van der Waals surface area contributed by atoms with Gasteiger partial charge in [-0.25, -0.2) is 4.98 Å². The Morgan fingerprint density at radius 3 is 2.68 bits per heavy atom.